The average molecular weight is 476 g/mol. The van der Waals surface area contributed by atoms with Gasteiger partial charge in [0.2, 0.25) is 0 Å². The summed E-state index contributed by atoms with van der Waals surface area (Å²) in [7, 11) is -3.98. The van der Waals surface area contributed by atoms with E-state index in [2.05, 4.69) is 5.32 Å². The summed E-state index contributed by atoms with van der Waals surface area (Å²) in [6, 6.07) is 18.8. The normalized spacial score (nSPS) is 16.0. The van der Waals surface area contributed by atoms with Gasteiger partial charge in [0.25, 0.3) is 15.9 Å². The Morgan fingerprint density at radius 2 is 1.70 bits per heavy atom. The van der Waals surface area contributed by atoms with Crippen molar-refractivity contribution >= 4 is 21.6 Å². The van der Waals surface area contributed by atoms with E-state index in [0.717, 1.165) is 16.4 Å². The van der Waals surface area contributed by atoms with Gasteiger partial charge in [-0.1, -0.05) is 42.5 Å². The molecule has 1 amide bonds. The molecule has 4 rings (SSSR count). The number of para-hydroxylation sites is 2. The standard InChI is InChI=1S/C23H19F3N2O4S/c24-23(25,26)17-8-6-7-16(13-17)14-27-22(29)21-15-28(19-11-4-5-12-20(19)32-21)33(30,31)18-9-2-1-3-10-18/h1-13,21H,14-15H2,(H,27,29)/t21-/m0/s1. The first-order valence-electron chi connectivity index (χ1n) is 9.93. The second kappa shape index (κ2) is 8.78. The van der Waals surface area contributed by atoms with Crippen molar-refractivity contribution in [1.82, 2.24) is 5.32 Å². The molecule has 10 heteroatoms. The number of alkyl halides is 3. The zero-order valence-corrected chi connectivity index (χ0v) is 17.9. The highest BCUT2D eigenvalue weighted by molar-refractivity contribution is 7.92. The van der Waals surface area contributed by atoms with Crippen molar-refractivity contribution in [2.45, 2.75) is 23.7 Å². The molecular weight excluding hydrogens is 457 g/mol. The predicted molar refractivity (Wildman–Crippen MR) is 115 cm³/mol. The van der Waals surface area contributed by atoms with Gasteiger partial charge in [-0.3, -0.25) is 9.10 Å². The van der Waals surface area contributed by atoms with Crippen LogP contribution in [0.3, 0.4) is 0 Å². The van der Waals surface area contributed by atoms with E-state index in [1.165, 1.54) is 24.3 Å². The number of fused-ring (bicyclic) bond motifs is 1. The Hall–Kier alpha value is -3.53. The van der Waals surface area contributed by atoms with Gasteiger partial charge in [-0.25, -0.2) is 8.42 Å². The minimum atomic E-state index is -4.50. The molecule has 0 aliphatic carbocycles. The summed E-state index contributed by atoms with van der Waals surface area (Å²) in [6.07, 6.45) is -5.69. The molecule has 0 saturated carbocycles. The second-order valence-electron chi connectivity index (χ2n) is 7.34. The maximum atomic E-state index is 13.3. The maximum Gasteiger partial charge on any atom is 0.416 e. The molecule has 6 nitrogen and oxygen atoms in total. The van der Waals surface area contributed by atoms with Crippen molar-refractivity contribution in [2.75, 3.05) is 10.8 Å². The Morgan fingerprint density at radius 1 is 1.00 bits per heavy atom. The van der Waals surface area contributed by atoms with Crippen molar-refractivity contribution in [3.8, 4) is 5.75 Å². The molecule has 1 aliphatic heterocycles. The van der Waals surface area contributed by atoms with Gasteiger partial charge >= 0.3 is 6.18 Å². The van der Waals surface area contributed by atoms with E-state index in [4.69, 9.17) is 4.74 Å². The van der Waals surface area contributed by atoms with E-state index >= 15 is 0 Å². The molecule has 172 valence electrons. The highest BCUT2D eigenvalue weighted by atomic mass is 32.2. The van der Waals surface area contributed by atoms with Gasteiger partial charge in [-0.05, 0) is 42.0 Å². The minimum Gasteiger partial charge on any atom is -0.476 e. The summed E-state index contributed by atoms with van der Waals surface area (Å²) in [6.45, 7) is -0.460. The van der Waals surface area contributed by atoms with Crippen LogP contribution in [-0.4, -0.2) is 27.0 Å². The SMILES string of the molecule is O=C(NCc1cccc(C(F)(F)F)c1)[C@@H]1CN(S(=O)(=O)c2ccccc2)c2ccccc2O1. The van der Waals surface area contributed by atoms with Crippen LogP contribution in [0.4, 0.5) is 18.9 Å². The third kappa shape index (κ3) is 4.80. The minimum absolute atomic E-state index is 0.0600. The maximum absolute atomic E-state index is 13.3. The first-order valence-corrected chi connectivity index (χ1v) is 11.4. The summed E-state index contributed by atoms with van der Waals surface area (Å²) < 4.78 is 72.1. The van der Waals surface area contributed by atoms with Gasteiger partial charge in [-0.15, -0.1) is 0 Å². The molecule has 1 N–H and O–H groups in total. The highest BCUT2D eigenvalue weighted by Crippen LogP contribution is 2.36. The number of benzene rings is 3. The number of anilines is 1. The molecule has 1 heterocycles. The van der Waals surface area contributed by atoms with Gasteiger partial charge in [0.15, 0.2) is 6.10 Å². The summed E-state index contributed by atoms with van der Waals surface area (Å²) in [5.41, 5.74) is -0.274. The third-order valence-corrected chi connectivity index (χ3v) is 6.87. The van der Waals surface area contributed by atoms with E-state index in [9.17, 15) is 26.4 Å². The fourth-order valence-electron chi connectivity index (χ4n) is 3.45. The van der Waals surface area contributed by atoms with Crippen LogP contribution in [0.25, 0.3) is 0 Å². The molecule has 0 bridgehead atoms. The Bertz CT molecular complexity index is 1260. The van der Waals surface area contributed by atoms with Crippen molar-refractivity contribution in [1.29, 1.82) is 0 Å². The summed E-state index contributed by atoms with van der Waals surface area (Å²) >= 11 is 0. The van der Waals surface area contributed by atoms with Crippen LogP contribution in [0.2, 0.25) is 0 Å². The third-order valence-electron chi connectivity index (χ3n) is 5.08. The van der Waals surface area contributed by atoms with Gasteiger partial charge in [0.05, 0.1) is 22.7 Å². The topological polar surface area (TPSA) is 75.7 Å². The summed E-state index contributed by atoms with van der Waals surface area (Å²) in [5.74, 6) is -0.433. The Morgan fingerprint density at radius 3 is 2.42 bits per heavy atom. The fourth-order valence-corrected chi connectivity index (χ4v) is 4.94. The average Bonchev–Trinajstić information content (AvgIpc) is 2.82. The van der Waals surface area contributed by atoms with Crippen LogP contribution in [0.5, 0.6) is 5.75 Å². The second-order valence-corrected chi connectivity index (χ2v) is 9.20. The monoisotopic (exact) mass is 476 g/mol. The number of amides is 1. The Labute approximate surface area is 188 Å². The smallest absolute Gasteiger partial charge is 0.416 e. The first-order chi connectivity index (χ1) is 15.7. The number of hydrogen-bond acceptors (Lipinski definition) is 4. The number of carbonyl (C=O) groups excluding carboxylic acids is 1. The number of ether oxygens (including phenoxy) is 1. The zero-order valence-electron chi connectivity index (χ0n) is 17.1. The molecule has 0 radical (unpaired) electrons. The van der Waals surface area contributed by atoms with Gasteiger partial charge in [0, 0.05) is 6.54 Å². The van der Waals surface area contributed by atoms with Crippen LogP contribution in [0.15, 0.2) is 83.8 Å². The van der Waals surface area contributed by atoms with Gasteiger partial charge < -0.3 is 10.1 Å². The van der Waals surface area contributed by atoms with E-state index in [1.54, 1.807) is 42.5 Å². The lowest BCUT2D eigenvalue weighted by molar-refractivity contribution is -0.137. The molecule has 3 aromatic carbocycles. The van der Waals surface area contributed by atoms with Crippen LogP contribution in [0, 0.1) is 0 Å². The van der Waals surface area contributed by atoms with E-state index in [1.807, 2.05) is 0 Å². The molecule has 33 heavy (non-hydrogen) atoms. The van der Waals surface area contributed by atoms with Crippen LogP contribution >= 0.6 is 0 Å². The molecule has 1 aliphatic rings. The zero-order chi connectivity index (χ0) is 23.6. The molecule has 0 aromatic heterocycles. The predicted octanol–water partition coefficient (Wildman–Crippen LogP) is 3.98. The Kier molecular flexibility index (Phi) is 6.03. The molecule has 0 saturated heterocycles. The van der Waals surface area contributed by atoms with Crippen molar-refractivity contribution in [3.63, 3.8) is 0 Å². The molecular formula is C23H19F3N2O4S. The molecule has 0 unspecified atom stereocenters. The Balaban J connectivity index is 1.55. The number of hydrogen-bond donors (Lipinski definition) is 1. The van der Waals surface area contributed by atoms with E-state index in [0.29, 0.717) is 5.69 Å². The number of sulfonamides is 1. The molecule has 0 spiro atoms. The van der Waals surface area contributed by atoms with Crippen molar-refractivity contribution in [2.24, 2.45) is 0 Å². The molecule has 1 atom stereocenters. The molecule has 3 aromatic rings. The number of nitrogens with zero attached hydrogens (tertiary/aromatic N) is 1. The number of nitrogens with one attached hydrogen (secondary N) is 1. The highest BCUT2D eigenvalue weighted by Gasteiger charge is 2.37. The van der Waals surface area contributed by atoms with Crippen molar-refractivity contribution in [3.05, 3.63) is 90.0 Å². The lowest BCUT2D eigenvalue weighted by Crippen LogP contribution is -2.50. The van der Waals surface area contributed by atoms with E-state index < -0.39 is 33.8 Å². The first kappa shape index (κ1) is 22.7. The quantitative estimate of drug-likeness (QED) is 0.605. The van der Waals surface area contributed by atoms with E-state index in [-0.39, 0.29) is 29.3 Å². The van der Waals surface area contributed by atoms with Crippen LogP contribution in [-0.2, 0) is 27.5 Å². The number of rotatable bonds is 5. The summed E-state index contributed by atoms with van der Waals surface area (Å²) in [4.78, 5) is 12.9. The van der Waals surface area contributed by atoms with Crippen molar-refractivity contribution < 1.29 is 31.1 Å². The van der Waals surface area contributed by atoms with Gasteiger partial charge in [-0.2, -0.15) is 13.2 Å². The van der Waals surface area contributed by atoms with Gasteiger partial charge in [0.1, 0.15) is 5.75 Å². The lowest BCUT2D eigenvalue weighted by Gasteiger charge is -2.34. The van der Waals surface area contributed by atoms with Crippen LogP contribution in [0.1, 0.15) is 11.1 Å². The lowest BCUT2D eigenvalue weighted by atomic mass is 10.1. The number of carbonyl (C=O) groups is 1. The largest absolute Gasteiger partial charge is 0.476 e. The molecule has 0 fully saturated rings. The fraction of sp³-hybridized carbons (Fsp3) is 0.174. The van der Waals surface area contributed by atoms with Crippen LogP contribution < -0.4 is 14.4 Å². The summed E-state index contributed by atoms with van der Waals surface area (Å²) in [5, 5.41) is 2.54. The number of halogens is 3.